The summed E-state index contributed by atoms with van der Waals surface area (Å²) in [5, 5.41) is 13.4. The second-order valence-corrected chi connectivity index (χ2v) is 6.77. The van der Waals surface area contributed by atoms with Crippen LogP contribution in [0.5, 0.6) is 11.5 Å². The van der Waals surface area contributed by atoms with Gasteiger partial charge in [0.15, 0.2) is 5.65 Å². The van der Waals surface area contributed by atoms with Crippen molar-refractivity contribution in [1.29, 1.82) is 0 Å². The second-order valence-electron chi connectivity index (χ2n) is 6.77. The first-order chi connectivity index (χ1) is 14.6. The van der Waals surface area contributed by atoms with Gasteiger partial charge in [-0.05, 0) is 50.3 Å². The van der Waals surface area contributed by atoms with E-state index in [4.69, 9.17) is 10.5 Å². The summed E-state index contributed by atoms with van der Waals surface area (Å²) in [4.78, 5) is 8.59. The van der Waals surface area contributed by atoms with Gasteiger partial charge >= 0.3 is 0 Å². The molecule has 0 aliphatic carbocycles. The molecule has 4 N–H and O–H groups in total. The molecule has 0 saturated heterocycles. The number of aromatic nitrogens is 3. The lowest BCUT2D eigenvalue weighted by Gasteiger charge is -2.08. The number of ether oxygens (including phenoxy) is 1. The molecule has 2 aromatic heterocycles. The van der Waals surface area contributed by atoms with Crippen molar-refractivity contribution in [2.45, 2.75) is 13.3 Å². The van der Waals surface area contributed by atoms with Gasteiger partial charge in [-0.2, -0.15) is 0 Å². The zero-order chi connectivity index (χ0) is 21.5. The first-order valence-corrected chi connectivity index (χ1v) is 9.81. The van der Waals surface area contributed by atoms with E-state index in [1.54, 1.807) is 18.2 Å². The number of hydrogen-bond donors (Lipinski definition) is 3. The molecule has 0 spiro atoms. The van der Waals surface area contributed by atoms with Crippen LogP contribution in [0.1, 0.15) is 13.3 Å². The molecule has 0 amide bonds. The largest absolute Gasteiger partial charge is 0.508 e. The average Bonchev–Trinajstić information content (AvgIpc) is 3.14. The highest BCUT2D eigenvalue weighted by molar-refractivity contribution is 6.01. The quantitative estimate of drug-likeness (QED) is 0.464. The summed E-state index contributed by atoms with van der Waals surface area (Å²) in [5.74, 6) is 1.39. The fourth-order valence-electron chi connectivity index (χ4n) is 3.12. The van der Waals surface area contributed by atoms with Crippen molar-refractivity contribution in [2.24, 2.45) is 0 Å². The van der Waals surface area contributed by atoms with Crippen molar-refractivity contribution >= 4 is 16.9 Å². The molecule has 0 saturated carbocycles. The first kappa shape index (κ1) is 21.1. The molecule has 0 fully saturated rings. The number of phenols is 1. The van der Waals surface area contributed by atoms with Crippen molar-refractivity contribution in [3.63, 3.8) is 0 Å². The number of phenolic OH excluding ortho intramolecular Hbond substituents is 1. The maximum absolute atomic E-state index is 9.87. The molecular weight excluding hydrogens is 378 g/mol. The van der Waals surface area contributed by atoms with Crippen LogP contribution in [0, 0.1) is 0 Å². The number of nitrogens with two attached hydrogens (primary N) is 1. The predicted octanol–water partition coefficient (Wildman–Crippen LogP) is 4.00. The third-order valence-corrected chi connectivity index (χ3v) is 4.34. The Morgan fingerprint density at radius 2 is 1.87 bits per heavy atom. The van der Waals surface area contributed by atoms with Crippen molar-refractivity contribution in [3.8, 4) is 28.3 Å². The first-order valence-electron chi connectivity index (χ1n) is 9.81. The van der Waals surface area contributed by atoms with Gasteiger partial charge in [0.1, 0.15) is 23.6 Å². The molecule has 0 bridgehead atoms. The van der Waals surface area contributed by atoms with E-state index < -0.39 is 0 Å². The summed E-state index contributed by atoms with van der Waals surface area (Å²) >= 11 is 0. The third kappa shape index (κ3) is 4.52. The molecule has 0 atom stereocenters. The van der Waals surface area contributed by atoms with E-state index in [1.165, 1.54) is 6.33 Å². The maximum atomic E-state index is 9.87. The molecule has 0 aliphatic heterocycles. The minimum absolute atomic E-state index is 0.193. The molecule has 156 valence electrons. The normalized spacial score (nSPS) is 10.5. The van der Waals surface area contributed by atoms with Crippen molar-refractivity contribution in [1.82, 2.24) is 19.9 Å². The van der Waals surface area contributed by atoms with E-state index in [2.05, 4.69) is 22.2 Å². The number of anilines is 1. The van der Waals surface area contributed by atoms with Gasteiger partial charge in [-0.3, -0.25) is 0 Å². The standard InChI is InChI=1S/C21H20N4O2.C2H7N/c1-2-9-27-17-8-4-6-15(11-17)25-12-18(14-5-3-7-16(26)10-14)19-20(22)23-13-24-21(19)25;1-3-2/h3-8,10-13,26H,2,9H2,1H3,(H2,22,23,24);3H,1-2H3. The molecule has 7 heteroatoms. The molecule has 0 aliphatic rings. The zero-order valence-corrected chi connectivity index (χ0v) is 17.5. The molecule has 30 heavy (non-hydrogen) atoms. The Kier molecular flexibility index (Phi) is 6.87. The Balaban J connectivity index is 0.000000806. The average molecular weight is 406 g/mol. The minimum atomic E-state index is 0.193. The summed E-state index contributed by atoms with van der Waals surface area (Å²) in [5.41, 5.74) is 9.49. The lowest BCUT2D eigenvalue weighted by atomic mass is 10.1. The Bertz CT molecular complexity index is 1120. The molecule has 0 radical (unpaired) electrons. The van der Waals surface area contributed by atoms with E-state index in [0.29, 0.717) is 18.1 Å². The lowest BCUT2D eigenvalue weighted by molar-refractivity contribution is 0.317. The monoisotopic (exact) mass is 405 g/mol. The summed E-state index contributed by atoms with van der Waals surface area (Å²) in [6.07, 6.45) is 4.36. The molecule has 7 nitrogen and oxygen atoms in total. The van der Waals surface area contributed by atoms with Crippen LogP contribution in [0.3, 0.4) is 0 Å². The van der Waals surface area contributed by atoms with Gasteiger partial charge in [0.05, 0.1) is 17.7 Å². The van der Waals surface area contributed by atoms with Gasteiger partial charge in [-0.1, -0.05) is 25.1 Å². The van der Waals surface area contributed by atoms with Gasteiger partial charge < -0.3 is 25.5 Å². The Hall–Kier alpha value is -3.58. The fraction of sp³-hybridized carbons (Fsp3) is 0.217. The highest BCUT2D eigenvalue weighted by atomic mass is 16.5. The summed E-state index contributed by atoms with van der Waals surface area (Å²) in [6, 6.07) is 14.9. The summed E-state index contributed by atoms with van der Waals surface area (Å²) < 4.78 is 7.72. The molecule has 2 aromatic carbocycles. The van der Waals surface area contributed by atoms with Crippen LogP contribution in [0.15, 0.2) is 61.1 Å². The molecule has 4 rings (SSSR count). The van der Waals surface area contributed by atoms with Gasteiger partial charge in [-0.15, -0.1) is 0 Å². The second kappa shape index (κ2) is 9.76. The van der Waals surface area contributed by atoms with Gasteiger partial charge in [0, 0.05) is 17.8 Å². The van der Waals surface area contributed by atoms with Crippen LogP contribution in [0.4, 0.5) is 5.82 Å². The molecule has 0 unspecified atom stereocenters. The SMILES string of the molecule is CCCOc1cccc(-n2cc(-c3cccc(O)c3)c3c(N)ncnc32)c1.CNC. The summed E-state index contributed by atoms with van der Waals surface area (Å²) in [6.45, 7) is 2.74. The van der Waals surface area contributed by atoms with Crippen LogP contribution in [0.2, 0.25) is 0 Å². The Labute approximate surface area is 176 Å². The maximum Gasteiger partial charge on any atom is 0.150 e. The number of nitrogen functional groups attached to an aromatic ring is 1. The van der Waals surface area contributed by atoms with E-state index in [1.807, 2.05) is 55.2 Å². The van der Waals surface area contributed by atoms with Crippen LogP contribution in [-0.2, 0) is 0 Å². The molecular formula is C23H27N5O2. The predicted molar refractivity (Wildman–Crippen MR) is 121 cm³/mol. The number of rotatable bonds is 5. The highest BCUT2D eigenvalue weighted by Gasteiger charge is 2.16. The smallest absolute Gasteiger partial charge is 0.150 e. The number of benzene rings is 2. The van der Waals surface area contributed by atoms with Crippen LogP contribution in [-0.4, -0.2) is 40.3 Å². The highest BCUT2D eigenvalue weighted by Crippen LogP contribution is 2.35. The van der Waals surface area contributed by atoms with Gasteiger partial charge in [-0.25, -0.2) is 9.97 Å². The van der Waals surface area contributed by atoms with E-state index >= 15 is 0 Å². The van der Waals surface area contributed by atoms with Crippen molar-refractivity contribution in [2.75, 3.05) is 26.4 Å². The van der Waals surface area contributed by atoms with Gasteiger partial charge in [0.2, 0.25) is 0 Å². The Morgan fingerprint density at radius 1 is 1.10 bits per heavy atom. The molecule has 2 heterocycles. The fourth-order valence-corrected chi connectivity index (χ4v) is 3.12. The lowest BCUT2D eigenvalue weighted by Crippen LogP contribution is -1.99. The zero-order valence-electron chi connectivity index (χ0n) is 17.5. The number of nitrogens with zero attached hydrogens (tertiary/aromatic N) is 3. The van der Waals surface area contributed by atoms with Crippen LogP contribution < -0.4 is 15.8 Å². The summed E-state index contributed by atoms with van der Waals surface area (Å²) in [7, 11) is 3.75. The number of nitrogens with one attached hydrogen (secondary N) is 1. The van der Waals surface area contributed by atoms with Crippen molar-refractivity contribution < 1.29 is 9.84 Å². The van der Waals surface area contributed by atoms with Crippen LogP contribution >= 0.6 is 0 Å². The van der Waals surface area contributed by atoms with E-state index in [9.17, 15) is 5.11 Å². The molecule has 4 aromatic rings. The number of fused-ring (bicyclic) bond motifs is 1. The minimum Gasteiger partial charge on any atom is -0.508 e. The topological polar surface area (TPSA) is 98.2 Å². The van der Waals surface area contributed by atoms with E-state index in [-0.39, 0.29) is 5.75 Å². The van der Waals surface area contributed by atoms with E-state index in [0.717, 1.165) is 34.4 Å². The third-order valence-electron chi connectivity index (χ3n) is 4.34. The van der Waals surface area contributed by atoms with Crippen molar-refractivity contribution in [3.05, 3.63) is 61.1 Å². The number of aromatic hydroxyl groups is 1. The Morgan fingerprint density at radius 3 is 2.60 bits per heavy atom. The van der Waals surface area contributed by atoms with Gasteiger partial charge in [0.25, 0.3) is 0 Å². The number of hydrogen-bond acceptors (Lipinski definition) is 6. The van der Waals surface area contributed by atoms with Crippen LogP contribution in [0.25, 0.3) is 27.8 Å².